The summed E-state index contributed by atoms with van der Waals surface area (Å²) >= 11 is 11.9. The molecular formula is C15H18Cl2O. The molecule has 0 spiro atoms. The van der Waals surface area contributed by atoms with Gasteiger partial charge >= 0.3 is 0 Å². The molecule has 0 radical (unpaired) electrons. The molecule has 0 aliphatic carbocycles. The summed E-state index contributed by atoms with van der Waals surface area (Å²) in [6.07, 6.45) is 0.448. The number of benzene rings is 1. The summed E-state index contributed by atoms with van der Waals surface area (Å²) in [4.78, 5) is 0. The van der Waals surface area contributed by atoms with Gasteiger partial charge in [-0.3, -0.25) is 0 Å². The standard InChI is InChI=1S/C15H18Cl2O/c1-15(2,3)8-4-5-13(18)9-11-6-7-12(16)10-14(11)17/h6-7,10,13,18H,5,9H2,1-3H3. The molecule has 0 saturated carbocycles. The van der Waals surface area contributed by atoms with Crippen molar-refractivity contribution in [3.05, 3.63) is 33.8 Å². The van der Waals surface area contributed by atoms with Gasteiger partial charge in [0.15, 0.2) is 0 Å². The van der Waals surface area contributed by atoms with E-state index >= 15 is 0 Å². The van der Waals surface area contributed by atoms with Crippen LogP contribution in [0.2, 0.25) is 10.0 Å². The Kier molecular flexibility index (Phi) is 5.53. The topological polar surface area (TPSA) is 20.2 Å². The zero-order valence-electron chi connectivity index (χ0n) is 10.9. The van der Waals surface area contributed by atoms with E-state index in [1.165, 1.54) is 0 Å². The summed E-state index contributed by atoms with van der Waals surface area (Å²) in [5, 5.41) is 11.1. The largest absolute Gasteiger partial charge is 0.392 e. The van der Waals surface area contributed by atoms with Crippen LogP contribution in [-0.2, 0) is 6.42 Å². The Morgan fingerprint density at radius 1 is 1.28 bits per heavy atom. The van der Waals surface area contributed by atoms with Gasteiger partial charge in [-0.05, 0) is 38.5 Å². The Labute approximate surface area is 119 Å². The molecule has 1 aromatic carbocycles. The van der Waals surface area contributed by atoms with Crippen LogP contribution in [-0.4, -0.2) is 11.2 Å². The highest BCUT2D eigenvalue weighted by molar-refractivity contribution is 6.35. The first-order valence-corrected chi connectivity index (χ1v) is 6.65. The molecule has 3 heteroatoms. The van der Waals surface area contributed by atoms with Crippen molar-refractivity contribution in [1.29, 1.82) is 0 Å². The summed E-state index contributed by atoms with van der Waals surface area (Å²) < 4.78 is 0. The first kappa shape index (κ1) is 15.4. The lowest BCUT2D eigenvalue weighted by Crippen LogP contribution is -2.10. The second kappa shape index (κ2) is 6.48. The van der Waals surface area contributed by atoms with E-state index < -0.39 is 6.10 Å². The minimum Gasteiger partial charge on any atom is -0.392 e. The highest BCUT2D eigenvalue weighted by atomic mass is 35.5. The lowest BCUT2D eigenvalue weighted by Gasteiger charge is -2.10. The summed E-state index contributed by atoms with van der Waals surface area (Å²) in [6, 6.07) is 5.30. The van der Waals surface area contributed by atoms with Crippen molar-refractivity contribution in [2.24, 2.45) is 5.41 Å². The van der Waals surface area contributed by atoms with Gasteiger partial charge in [0.1, 0.15) is 0 Å². The van der Waals surface area contributed by atoms with Crippen molar-refractivity contribution < 1.29 is 5.11 Å². The predicted octanol–water partition coefficient (Wildman–Crippen LogP) is 4.34. The van der Waals surface area contributed by atoms with Crippen molar-refractivity contribution in [2.45, 2.75) is 39.7 Å². The number of halogens is 2. The van der Waals surface area contributed by atoms with Crippen molar-refractivity contribution in [3.63, 3.8) is 0 Å². The van der Waals surface area contributed by atoms with Gasteiger partial charge in [-0.15, -0.1) is 5.92 Å². The van der Waals surface area contributed by atoms with Crippen LogP contribution in [0.1, 0.15) is 32.8 Å². The van der Waals surface area contributed by atoms with Crippen LogP contribution in [0.25, 0.3) is 0 Å². The highest BCUT2D eigenvalue weighted by Crippen LogP contribution is 2.22. The van der Waals surface area contributed by atoms with Crippen LogP contribution in [0.5, 0.6) is 0 Å². The van der Waals surface area contributed by atoms with Crippen LogP contribution in [0.4, 0.5) is 0 Å². The molecule has 1 rings (SSSR count). The number of rotatable bonds is 3. The molecule has 1 unspecified atom stereocenters. The SMILES string of the molecule is CC(C)(C)C#CCC(O)Cc1ccc(Cl)cc1Cl. The first-order chi connectivity index (χ1) is 8.28. The number of aliphatic hydroxyl groups excluding tert-OH is 1. The van der Waals surface area contributed by atoms with Gasteiger partial charge in [-0.2, -0.15) is 0 Å². The van der Waals surface area contributed by atoms with Crippen LogP contribution >= 0.6 is 23.2 Å². The molecule has 0 aliphatic rings. The van der Waals surface area contributed by atoms with Gasteiger partial charge in [-0.1, -0.05) is 35.2 Å². The summed E-state index contributed by atoms with van der Waals surface area (Å²) in [5.41, 5.74) is 0.864. The Balaban J connectivity index is 2.59. The fraction of sp³-hybridized carbons (Fsp3) is 0.467. The average molecular weight is 285 g/mol. The number of hydrogen-bond donors (Lipinski definition) is 1. The molecule has 1 N–H and O–H groups in total. The van der Waals surface area contributed by atoms with Crippen LogP contribution in [0.15, 0.2) is 18.2 Å². The maximum atomic E-state index is 9.90. The maximum absolute atomic E-state index is 9.90. The number of hydrogen-bond acceptors (Lipinski definition) is 1. The van der Waals surface area contributed by atoms with E-state index in [-0.39, 0.29) is 5.41 Å². The molecule has 0 amide bonds. The van der Waals surface area contributed by atoms with Gasteiger partial charge < -0.3 is 5.11 Å². The van der Waals surface area contributed by atoms with E-state index in [4.69, 9.17) is 23.2 Å². The van der Waals surface area contributed by atoms with E-state index in [1.54, 1.807) is 12.1 Å². The molecule has 0 aliphatic heterocycles. The third-order valence-corrected chi connectivity index (χ3v) is 2.86. The molecule has 1 atom stereocenters. The Morgan fingerprint density at radius 3 is 2.50 bits per heavy atom. The lowest BCUT2D eigenvalue weighted by molar-refractivity contribution is 0.180. The normalized spacial score (nSPS) is 12.8. The smallest absolute Gasteiger partial charge is 0.0690 e. The lowest BCUT2D eigenvalue weighted by atomic mass is 9.97. The molecule has 0 fully saturated rings. The Bertz CT molecular complexity index is 464. The van der Waals surface area contributed by atoms with Crippen molar-refractivity contribution in [1.82, 2.24) is 0 Å². The molecule has 18 heavy (non-hydrogen) atoms. The fourth-order valence-corrected chi connectivity index (χ4v) is 1.93. The quantitative estimate of drug-likeness (QED) is 0.819. The third-order valence-electron chi connectivity index (χ3n) is 2.27. The average Bonchev–Trinajstić information content (AvgIpc) is 2.20. The first-order valence-electron chi connectivity index (χ1n) is 5.90. The van der Waals surface area contributed by atoms with E-state index in [1.807, 2.05) is 26.8 Å². The Hall–Kier alpha value is -0.680. The van der Waals surface area contributed by atoms with Gasteiger partial charge in [0.25, 0.3) is 0 Å². The van der Waals surface area contributed by atoms with Gasteiger partial charge in [0, 0.05) is 28.3 Å². The minimum absolute atomic E-state index is 0.0301. The van der Waals surface area contributed by atoms with Crippen molar-refractivity contribution in [3.8, 4) is 11.8 Å². The van der Waals surface area contributed by atoms with E-state index in [2.05, 4.69) is 11.8 Å². The third kappa shape index (κ3) is 5.78. The second-order valence-electron chi connectivity index (χ2n) is 5.35. The minimum atomic E-state index is -0.501. The van der Waals surface area contributed by atoms with Gasteiger partial charge in [-0.25, -0.2) is 0 Å². The molecule has 0 saturated heterocycles. The van der Waals surface area contributed by atoms with Crippen molar-refractivity contribution >= 4 is 23.2 Å². The van der Waals surface area contributed by atoms with E-state index in [9.17, 15) is 5.11 Å². The molecule has 0 aromatic heterocycles. The zero-order chi connectivity index (χ0) is 13.8. The molecular weight excluding hydrogens is 267 g/mol. The molecule has 0 bridgehead atoms. The van der Waals surface area contributed by atoms with Gasteiger partial charge in [0.2, 0.25) is 0 Å². The maximum Gasteiger partial charge on any atom is 0.0690 e. The molecule has 1 aromatic rings. The van der Waals surface area contributed by atoms with Crippen LogP contribution in [0, 0.1) is 17.3 Å². The fourth-order valence-electron chi connectivity index (χ4n) is 1.45. The highest BCUT2D eigenvalue weighted by Gasteiger charge is 2.09. The Morgan fingerprint density at radius 2 is 1.94 bits per heavy atom. The van der Waals surface area contributed by atoms with Gasteiger partial charge in [0.05, 0.1) is 6.10 Å². The van der Waals surface area contributed by atoms with E-state index in [0.29, 0.717) is 22.9 Å². The summed E-state index contributed by atoms with van der Waals surface area (Å²) in [5.74, 6) is 6.11. The zero-order valence-corrected chi connectivity index (χ0v) is 12.4. The molecule has 0 heterocycles. The molecule has 1 nitrogen and oxygen atoms in total. The van der Waals surface area contributed by atoms with Crippen molar-refractivity contribution in [2.75, 3.05) is 0 Å². The van der Waals surface area contributed by atoms with E-state index in [0.717, 1.165) is 5.56 Å². The van der Waals surface area contributed by atoms with Crippen LogP contribution < -0.4 is 0 Å². The second-order valence-corrected chi connectivity index (χ2v) is 6.19. The summed E-state index contributed by atoms with van der Waals surface area (Å²) in [6.45, 7) is 6.13. The number of aliphatic hydroxyl groups is 1. The monoisotopic (exact) mass is 284 g/mol. The van der Waals surface area contributed by atoms with Crippen LogP contribution in [0.3, 0.4) is 0 Å². The molecule has 98 valence electrons. The predicted molar refractivity (Wildman–Crippen MR) is 78.0 cm³/mol. The summed E-state index contributed by atoms with van der Waals surface area (Å²) in [7, 11) is 0.